The van der Waals surface area contributed by atoms with Crippen LogP contribution < -0.4 is 18.3 Å². The molecule has 8 aromatic rings. The van der Waals surface area contributed by atoms with Crippen molar-refractivity contribution in [2.75, 3.05) is 0 Å². The first-order valence-electron chi connectivity index (χ1n) is 27.7. The lowest BCUT2D eigenvalue weighted by molar-refractivity contribution is -0.685. The molecule has 3 aliphatic carbocycles. The Morgan fingerprint density at radius 3 is 1.37 bits per heavy atom. The zero-order chi connectivity index (χ0) is 50.4. The lowest BCUT2D eigenvalue weighted by atomic mass is 9.59. The fourth-order valence-electron chi connectivity index (χ4n) is 13.6. The summed E-state index contributed by atoms with van der Waals surface area (Å²) in [7, 11) is 8.88. The average molecular weight is 963 g/mol. The van der Waals surface area contributed by atoms with Crippen LogP contribution in [-0.4, -0.2) is 0 Å². The summed E-state index contributed by atoms with van der Waals surface area (Å²) in [6, 6.07) is 57.8. The van der Waals surface area contributed by atoms with E-state index in [1.54, 1.807) is 0 Å². The van der Waals surface area contributed by atoms with E-state index in [9.17, 15) is 0 Å². The van der Waals surface area contributed by atoms with Crippen LogP contribution in [0.2, 0.25) is 0 Å². The van der Waals surface area contributed by atoms with Crippen LogP contribution in [0.25, 0.3) is 67.5 Å². The second kappa shape index (κ2) is 20.1. The van der Waals surface area contributed by atoms with Gasteiger partial charge >= 0.3 is 0 Å². The fraction of sp³-hybridized carbons (Fsp3) is 0.362. The van der Waals surface area contributed by atoms with Gasteiger partial charge in [-0.15, -0.1) is 0 Å². The van der Waals surface area contributed by atoms with Crippen LogP contribution in [0.4, 0.5) is 0 Å². The van der Waals surface area contributed by atoms with Crippen molar-refractivity contribution in [3.8, 4) is 67.5 Å². The van der Waals surface area contributed by atoms with Gasteiger partial charge in [-0.2, -0.15) is 18.3 Å². The van der Waals surface area contributed by atoms with Crippen LogP contribution >= 0.6 is 0 Å². The second-order valence-corrected chi connectivity index (χ2v) is 23.7. The lowest BCUT2D eigenvalue weighted by Crippen LogP contribution is -2.40. The van der Waals surface area contributed by atoms with Crippen molar-refractivity contribution in [1.29, 1.82) is 0 Å². The standard InChI is InChI=1S/C69H78N4/c1-48-22-24-55(50-15-10-9-11-16-50)43-60(48)62-18-12-21-65(72(62)7)67-46-58(35-42-71(67)6)54-32-39-69(40-33-54)36-14-17-59(47-69)52-28-26-51(27-29-52)56-25-23-49(2)61(44-56)63-19-13-20-64(73(63)8)66-45-57(34-41-70(66)5)53-30-37-68(3,4)38-31-53/h9-13,15-16,18-29,34-35,41-46,53-54,59H,14,17,30-33,36-40,47H2,1-8H3/q+4. The molecule has 1 unspecified atom stereocenters. The minimum atomic E-state index is 0.453. The number of hydrogen-bond acceptors (Lipinski definition) is 0. The number of pyridine rings is 4. The zero-order valence-electron chi connectivity index (χ0n) is 45.1. The normalized spacial score (nSPS) is 18.0. The van der Waals surface area contributed by atoms with Gasteiger partial charge in [-0.05, 0) is 187 Å². The molecule has 4 nitrogen and oxygen atoms in total. The van der Waals surface area contributed by atoms with Crippen molar-refractivity contribution in [2.24, 2.45) is 39.0 Å². The maximum absolute atomic E-state index is 2.51. The molecule has 1 atom stereocenters. The number of aryl methyl sites for hydroxylation is 4. The van der Waals surface area contributed by atoms with Gasteiger partial charge in [0.15, 0.2) is 12.4 Å². The molecular formula is C69H78N4+4. The topological polar surface area (TPSA) is 15.5 Å². The van der Waals surface area contributed by atoms with Gasteiger partial charge in [-0.25, -0.2) is 0 Å². The van der Waals surface area contributed by atoms with E-state index in [2.05, 4.69) is 238 Å². The molecule has 4 aromatic heterocycles. The highest BCUT2D eigenvalue weighted by atomic mass is 15.0. The largest absolute Gasteiger partial charge is 0.277 e. The van der Waals surface area contributed by atoms with E-state index in [4.69, 9.17) is 0 Å². The van der Waals surface area contributed by atoms with Gasteiger partial charge in [0.05, 0.1) is 0 Å². The minimum absolute atomic E-state index is 0.453. The first-order chi connectivity index (χ1) is 35.3. The molecule has 370 valence electrons. The van der Waals surface area contributed by atoms with Crippen molar-refractivity contribution in [3.63, 3.8) is 0 Å². The Kier molecular flexibility index (Phi) is 13.4. The van der Waals surface area contributed by atoms with E-state index in [0.29, 0.717) is 28.6 Å². The van der Waals surface area contributed by atoms with Crippen LogP contribution in [0.15, 0.2) is 164 Å². The summed E-state index contributed by atoms with van der Waals surface area (Å²) < 4.78 is 9.42. The molecular weight excluding hydrogens is 885 g/mol. The van der Waals surface area contributed by atoms with Gasteiger partial charge in [-0.3, -0.25) is 0 Å². The molecule has 1 spiro atoms. The summed E-state index contributed by atoms with van der Waals surface area (Å²) >= 11 is 0. The van der Waals surface area contributed by atoms with Crippen LogP contribution in [-0.2, 0) is 28.2 Å². The zero-order valence-corrected chi connectivity index (χ0v) is 45.1. The third-order valence-corrected chi connectivity index (χ3v) is 18.5. The van der Waals surface area contributed by atoms with Crippen molar-refractivity contribution < 1.29 is 18.3 Å². The summed E-state index contributed by atoms with van der Waals surface area (Å²) in [5, 5.41) is 0. The molecule has 11 rings (SSSR count). The van der Waals surface area contributed by atoms with E-state index in [1.807, 2.05) is 0 Å². The summed E-state index contributed by atoms with van der Waals surface area (Å²) in [6.45, 7) is 9.36. The van der Waals surface area contributed by atoms with E-state index in [-0.39, 0.29) is 0 Å². The van der Waals surface area contributed by atoms with E-state index in [1.165, 1.54) is 172 Å². The smallest absolute Gasteiger partial charge is 0.196 e. The molecule has 3 fully saturated rings. The second-order valence-electron chi connectivity index (χ2n) is 23.7. The Balaban J connectivity index is 0.773. The number of nitrogens with zero attached hydrogens (tertiary/aromatic N) is 4. The molecule has 4 aromatic carbocycles. The maximum Gasteiger partial charge on any atom is 0.277 e. The van der Waals surface area contributed by atoms with Crippen LogP contribution in [0, 0.1) is 24.7 Å². The molecule has 3 aliphatic rings. The van der Waals surface area contributed by atoms with Crippen LogP contribution in [0.5, 0.6) is 0 Å². The van der Waals surface area contributed by atoms with E-state index >= 15 is 0 Å². The van der Waals surface area contributed by atoms with Crippen LogP contribution in [0.3, 0.4) is 0 Å². The fourth-order valence-corrected chi connectivity index (χ4v) is 13.6. The highest BCUT2D eigenvalue weighted by molar-refractivity contribution is 5.74. The van der Waals surface area contributed by atoms with Gasteiger partial charge in [0, 0.05) is 59.7 Å². The predicted molar refractivity (Wildman–Crippen MR) is 300 cm³/mol. The Morgan fingerprint density at radius 1 is 0.384 bits per heavy atom. The third-order valence-electron chi connectivity index (χ3n) is 18.5. The minimum Gasteiger partial charge on any atom is -0.196 e. The Bertz CT molecular complexity index is 3290. The molecule has 0 bridgehead atoms. The first kappa shape index (κ1) is 48.7. The molecule has 0 aliphatic heterocycles. The van der Waals surface area contributed by atoms with Gasteiger partial charge in [-0.1, -0.05) is 99.1 Å². The Hall–Kier alpha value is -6.52. The van der Waals surface area contributed by atoms with Gasteiger partial charge in [0.25, 0.3) is 22.8 Å². The number of rotatable bonds is 9. The van der Waals surface area contributed by atoms with E-state index < -0.39 is 0 Å². The molecule has 0 amide bonds. The predicted octanol–water partition coefficient (Wildman–Crippen LogP) is 15.3. The average Bonchev–Trinajstić information content (AvgIpc) is 3.40. The molecule has 3 saturated carbocycles. The third kappa shape index (κ3) is 9.87. The molecule has 4 heteroatoms. The van der Waals surface area contributed by atoms with Crippen molar-refractivity contribution in [1.82, 2.24) is 0 Å². The highest BCUT2D eigenvalue weighted by Crippen LogP contribution is 2.54. The van der Waals surface area contributed by atoms with Gasteiger partial charge in [0.1, 0.15) is 28.2 Å². The quantitative estimate of drug-likeness (QED) is 0.128. The highest BCUT2D eigenvalue weighted by Gasteiger charge is 2.41. The Labute approximate surface area is 437 Å². The maximum atomic E-state index is 2.51. The van der Waals surface area contributed by atoms with Crippen molar-refractivity contribution >= 4 is 0 Å². The lowest BCUT2D eigenvalue weighted by Gasteiger charge is -2.46. The van der Waals surface area contributed by atoms with Gasteiger partial charge < -0.3 is 0 Å². The summed E-state index contributed by atoms with van der Waals surface area (Å²) in [5.74, 6) is 1.87. The summed E-state index contributed by atoms with van der Waals surface area (Å²) in [4.78, 5) is 0. The first-order valence-corrected chi connectivity index (χ1v) is 27.7. The van der Waals surface area contributed by atoms with Crippen molar-refractivity contribution in [3.05, 3.63) is 192 Å². The Morgan fingerprint density at radius 2 is 0.849 bits per heavy atom. The van der Waals surface area contributed by atoms with E-state index in [0.717, 1.165) is 0 Å². The molecule has 0 saturated heterocycles. The van der Waals surface area contributed by atoms with Gasteiger partial charge in [0.2, 0.25) is 11.4 Å². The molecule has 0 N–H and O–H groups in total. The van der Waals surface area contributed by atoms with Crippen molar-refractivity contribution in [2.45, 2.75) is 122 Å². The molecule has 73 heavy (non-hydrogen) atoms. The summed E-state index contributed by atoms with van der Waals surface area (Å²) in [6.07, 6.45) is 20.3. The summed E-state index contributed by atoms with van der Waals surface area (Å²) in [5.41, 5.74) is 23.2. The number of hydrogen-bond donors (Lipinski definition) is 0. The number of benzene rings is 4. The number of aromatic nitrogens is 4. The molecule has 0 radical (unpaired) electrons. The van der Waals surface area contributed by atoms with Crippen LogP contribution in [0.1, 0.15) is 136 Å². The monoisotopic (exact) mass is 963 g/mol. The molecule has 4 heterocycles. The SMILES string of the molecule is Cc1ccc(-c2ccc(C3CCCC4(CCC(c5cc[n+](C)c(-c6cccc(-c7cc(-c8ccccc8)ccc7C)[n+]6C)c5)CC4)C3)cc2)cc1-c1cccc(-c2cc(C3CCC(C)(C)CC3)cc[n+]2C)[n+]1C.